The fraction of sp³-hybridized carbons (Fsp3) is 0.185. The van der Waals surface area contributed by atoms with Crippen LogP contribution in [0.25, 0.3) is 0 Å². The largest absolute Gasteiger partial charge is 0.352 e. The molecule has 3 aromatic heterocycles. The van der Waals surface area contributed by atoms with Gasteiger partial charge < -0.3 is 20.1 Å². The number of aromatic nitrogens is 3. The van der Waals surface area contributed by atoms with Crippen LogP contribution < -0.4 is 10.6 Å². The average molecular weight is 501 g/mol. The van der Waals surface area contributed by atoms with E-state index in [9.17, 15) is 9.18 Å². The van der Waals surface area contributed by atoms with Gasteiger partial charge in [-0.1, -0.05) is 24.3 Å². The monoisotopic (exact) mass is 500 g/mol. The second-order valence-corrected chi connectivity index (χ2v) is 8.91. The van der Waals surface area contributed by atoms with Crippen molar-refractivity contribution in [2.45, 2.75) is 25.0 Å². The Hall–Kier alpha value is -4.11. The number of thiocarbonyl (C=S) groups is 1. The summed E-state index contributed by atoms with van der Waals surface area (Å²) in [6.45, 7) is 1.01. The Morgan fingerprint density at radius 1 is 1.06 bits per heavy atom. The molecule has 36 heavy (non-hydrogen) atoms. The van der Waals surface area contributed by atoms with Crippen molar-refractivity contribution in [3.63, 3.8) is 0 Å². The van der Waals surface area contributed by atoms with Crippen molar-refractivity contribution in [2.24, 2.45) is 0 Å². The van der Waals surface area contributed by atoms with Crippen LogP contribution in [0, 0.1) is 5.82 Å². The number of hydrogen-bond donors (Lipinski definition) is 2. The summed E-state index contributed by atoms with van der Waals surface area (Å²) in [4.78, 5) is 23.5. The molecule has 4 aromatic rings. The third-order valence-electron chi connectivity index (χ3n) is 6.17. The van der Waals surface area contributed by atoms with Gasteiger partial charge in [0.1, 0.15) is 5.82 Å². The number of carbonyl (C=O) groups excluding carboxylic acids is 1. The first-order valence-electron chi connectivity index (χ1n) is 11.7. The summed E-state index contributed by atoms with van der Waals surface area (Å²) in [5.74, 6) is -0.751. The molecule has 2 atom stereocenters. The Balaban J connectivity index is 1.40. The van der Waals surface area contributed by atoms with Crippen molar-refractivity contribution in [1.29, 1.82) is 0 Å². The van der Waals surface area contributed by atoms with E-state index < -0.39 is 5.82 Å². The molecule has 0 saturated carbocycles. The van der Waals surface area contributed by atoms with Crippen molar-refractivity contribution < 1.29 is 9.18 Å². The second kappa shape index (κ2) is 10.7. The minimum absolute atomic E-state index is 0.144. The van der Waals surface area contributed by atoms with E-state index in [0.29, 0.717) is 18.2 Å². The van der Waals surface area contributed by atoms with E-state index in [1.54, 1.807) is 30.6 Å². The molecule has 1 amide bonds. The summed E-state index contributed by atoms with van der Waals surface area (Å²) in [5, 5.41) is 6.61. The predicted molar refractivity (Wildman–Crippen MR) is 140 cm³/mol. The van der Waals surface area contributed by atoms with E-state index in [-0.39, 0.29) is 30.1 Å². The maximum Gasteiger partial charge on any atom is 0.226 e. The third kappa shape index (κ3) is 5.11. The lowest BCUT2D eigenvalue weighted by molar-refractivity contribution is -0.116. The van der Waals surface area contributed by atoms with Gasteiger partial charge in [0.2, 0.25) is 5.91 Å². The summed E-state index contributed by atoms with van der Waals surface area (Å²) in [7, 11) is 0. The Labute approximate surface area is 214 Å². The van der Waals surface area contributed by atoms with Crippen LogP contribution in [0.3, 0.4) is 0 Å². The van der Waals surface area contributed by atoms with Gasteiger partial charge in [-0.25, -0.2) is 4.39 Å². The lowest BCUT2D eigenvalue weighted by Crippen LogP contribution is -2.33. The maximum absolute atomic E-state index is 14.0. The summed E-state index contributed by atoms with van der Waals surface area (Å²) in [6, 6.07) is 19.6. The van der Waals surface area contributed by atoms with E-state index in [4.69, 9.17) is 12.2 Å². The number of nitrogens with zero attached hydrogens (tertiary/aromatic N) is 4. The quantitative estimate of drug-likeness (QED) is 0.348. The van der Waals surface area contributed by atoms with Crippen LogP contribution in [0.4, 0.5) is 10.1 Å². The Morgan fingerprint density at radius 2 is 1.92 bits per heavy atom. The molecule has 0 unspecified atom stereocenters. The number of halogens is 1. The Bertz CT molecular complexity index is 1350. The van der Waals surface area contributed by atoms with Crippen LogP contribution in [-0.2, 0) is 11.3 Å². The first-order chi connectivity index (χ1) is 17.6. The number of amides is 1. The molecule has 0 bridgehead atoms. The molecule has 182 valence electrons. The maximum atomic E-state index is 14.0. The van der Waals surface area contributed by atoms with Gasteiger partial charge in [-0.2, -0.15) is 0 Å². The number of anilines is 1. The van der Waals surface area contributed by atoms with Crippen LogP contribution >= 0.6 is 12.2 Å². The number of nitrogens with one attached hydrogen (secondary N) is 2. The van der Waals surface area contributed by atoms with E-state index in [0.717, 1.165) is 17.0 Å². The van der Waals surface area contributed by atoms with Gasteiger partial charge in [0, 0.05) is 50.0 Å². The second-order valence-electron chi connectivity index (χ2n) is 8.52. The van der Waals surface area contributed by atoms with Crippen LogP contribution in [0.2, 0.25) is 0 Å². The van der Waals surface area contributed by atoms with E-state index >= 15 is 0 Å². The van der Waals surface area contributed by atoms with Crippen molar-refractivity contribution in [3.8, 4) is 0 Å². The van der Waals surface area contributed by atoms with Gasteiger partial charge in [-0.3, -0.25) is 14.8 Å². The molecule has 0 spiro atoms. The molecule has 1 aliphatic rings. The molecule has 2 N–H and O–H groups in total. The van der Waals surface area contributed by atoms with Gasteiger partial charge in [-0.05, 0) is 60.2 Å². The highest BCUT2D eigenvalue weighted by Gasteiger charge is 2.41. The van der Waals surface area contributed by atoms with Gasteiger partial charge in [-0.15, -0.1) is 0 Å². The number of rotatable bonds is 8. The molecule has 7 nitrogen and oxygen atoms in total. The van der Waals surface area contributed by atoms with Gasteiger partial charge in [0.15, 0.2) is 5.11 Å². The highest BCUT2D eigenvalue weighted by molar-refractivity contribution is 7.80. The summed E-state index contributed by atoms with van der Waals surface area (Å²) < 4.78 is 16.2. The summed E-state index contributed by atoms with van der Waals surface area (Å²) in [5.41, 5.74) is 3.14. The molecule has 1 aliphatic heterocycles. The molecule has 5 rings (SSSR count). The van der Waals surface area contributed by atoms with E-state index in [2.05, 4.69) is 31.2 Å². The van der Waals surface area contributed by atoms with Crippen LogP contribution in [0.15, 0.2) is 91.5 Å². The molecule has 0 aliphatic carbocycles. The third-order valence-corrected chi connectivity index (χ3v) is 6.52. The molecule has 1 fully saturated rings. The number of pyridine rings is 2. The van der Waals surface area contributed by atoms with Gasteiger partial charge >= 0.3 is 0 Å². The minimum Gasteiger partial charge on any atom is -0.352 e. The van der Waals surface area contributed by atoms with Crippen molar-refractivity contribution >= 4 is 28.9 Å². The lowest BCUT2D eigenvalue weighted by Gasteiger charge is -2.29. The van der Waals surface area contributed by atoms with Crippen molar-refractivity contribution in [1.82, 2.24) is 24.8 Å². The molecule has 0 radical (unpaired) electrons. The molecule has 1 saturated heterocycles. The highest BCUT2D eigenvalue weighted by Crippen LogP contribution is 2.39. The molecule has 9 heteroatoms. The minimum atomic E-state index is -0.467. The zero-order chi connectivity index (χ0) is 24.9. The Kier molecular flexibility index (Phi) is 6.99. The standard InChI is InChI=1S/C27H25FN6OS/c28-20-8-1-2-9-21(20)31-24(35)12-16-34-26(25(32-27(34)36)22-10-3-4-14-30-22)23-11-6-15-33(23)18-19-7-5-13-29-17-19/h1-11,13-15,17,25-26H,12,16,18H2,(H,31,35)(H,32,36)/t25-,26+/m1/s1. The first-order valence-corrected chi connectivity index (χ1v) is 12.1. The summed E-state index contributed by atoms with van der Waals surface area (Å²) >= 11 is 5.72. The molecular formula is C27H25FN6OS. The zero-order valence-electron chi connectivity index (χ0n) is 19.4. The van der Waals surface area contributed by atoms with Crippen LogP contribution in [0.5, 0.6) is 0 Å². The Morgan fingerprint density at radius 3 is 2.69 bits per heavy atom. The SMILES string of the molecule is O=C(CCN1C(=S)N[C@H](c2ccccn2)[C@@H]1c1cccn1Cc1cccnc1)Nc1ccccc1F. The number of hydrogen-bond acceptors (Lipinski definition) is 4. The van der Waals surface area contributed by atoms with Crippen molar-refractivity contribution in [3.05, 3.63) is 114 Å². The number of benzene rings is 1. The van der Waals surface area contributed by atoms with Gasteiger partial charge in [0.25, 0.3) is 0 Å². The highest BCUT2D eigenvalue weighted by atomic mass is 32.1. The predicted octanol–water partition coefficient (Wildman–Crippen LogP) is 4.47. The van der Waals surface area contributed by atoms with E-state index in [1.165, 1.54) is 6.07 Å². The van der Waals surface area contributed by atoms with Gasteiger partial charge in [0.05, 0.1) is 23.5 Å². The smallest absolute Gasteiger partial charge is 0.226 e. The first kappa shape index (κ1) is 23.6. The lowest BCUT2D eigenvalue weighted by atomic mass is 10.0. The molecule has 1 aromatic carbocycles. The van der Waals surface area contributed by atoms with Crippen LogP contribution in [-0.4, -0.2) is 37.0 Å². The average Bonchev–Trinajstić information content (AvgIpc) is 3.48. The van der Waals surface area contributed by atoms with E-state index in [1.807, 2.05) is 53.7 Å². The number of carbonyl (C=O) groups is 1. The normalized spacial score (nSPS) is 17.1. The van der Waals surface area contributed by atoms with Crippen molar-refractivity contribution in [2.75, 3.05) is 11.9 Å². The summed E-state index contributed by atoms with van der Waals surface area (Å²) in [6.07, 6.45) is 7.54. The molecule has 4 heterocycles. The topological polar surface area (TPSA) is 75.1 Å². The fourth-order valence-electron chi connectivity index (χ4n) is 4.49. The number of para-hydroxylation sites is 1. The molecular weight excluding hydrogens is 475 g/mol. The van der Waals surface area contributed by atoms with Crippen LogP contribution in [0.1, 0.15) is 35.5 Å². The zero-order valence-corrected chi connectivity index (χ0v) is 20.2. The fourth-order valence-corrected chi connectivity index (χ4v) is 4.83.